The van der Waals surface area contributed by atoms with Crippen molar-refractivity contribution in [2.24, 2.45) is 0 Å². The fraction of sp³-hybridized carbons (Fsp3) is 0.294. The molecule has 0 unspecified atom stereocenters. The normalized spacial score (nSPS) is 11.3. The number of benzene rings is 2. The van der Waals surface area contributed by atoms with Gasteiger partial charge in [-0.3, -0.25) is 0 Å². The molecule has 0 radical (unpaired) electrons. The predicted molar refractivity (Wildman–Crippen MR) is 86.6 cm³/mol. The molecule has 106 valence electrons. The number of hydrogen-bond donors (Lipinski definition) is 1. The zero-order chi connectivity index (χ0) is 14.4. The largest absolute Gasteiger partial charge is 0.508 e. The van der Waals surface area contributed by atoms with Crippen molar-refractivity contribution in [3.8, 4) is 11.5 Å². The van der Waals surface area contributed by atoms with Crippen molar-refractivity contribution < 1.29 is 9.84 Å². The molecule has 2 aromatic carbocycles. The number of aromatic hydroxyl groups is 1. The van der Waals surface area contributed by atoms with Crippen LogP contribution in [-0.2, 0) is 0 Å². The lowest BCUT2D eigenvalue weighted by Gasteiger charge is -2.22. The Kier molecular flexibility index (Phi) is 4.85. The minimum absolute atomic E-state index is 0.273. The summed E-state index contributed by atoms with van der Waals surface area (Å²) in [5.74, 6) is 1.09. The topological polar surface area (TPSA) is 29.5 Å². The second kappa shape index (κ2) is 6.62. The fourth-order valence-electron chi connectivity index (χ4n) is 2.28. The van der Waals surface area contributed by atoms with Gasteiger partial charge < -0.3 is 9.84 Å². The van der Waals surface area contributed by atoms with Crippen LogP contribution < -0.4 is 9.92 Å². The van der Waals surface area contributed by atoms with Crippen LogP contribution in [0, 0.1) is 0 Å². The van der Waals surface area contributed by atoms with Crippen molar-refractivity contribution in [2.75, 3.05) is 6.61 Å². The third kappa shape index (κ3) is 4.13. The lowest BCUT2D eigenvalue weighted by Crippen LogP contribution is -2.41. The smallest absolute Gasteiger partial charge is 0.119 e. The molecule has 0 spiro atoms. The summed E-state index contributed by atoms with van der Waals surface area (Å²) in [7, 11) is -1.35. The zero-order valence-electron chi connectivity index (χ0n) is 12.2. The number of hydrogen-bond acceptors (Lipinski definition) is 2. The molecule has 0 aromatic heterocycles. The highest BCUT2D eigenvalue weighted by Gasteiger charge is 2.22. The van der Waals surface area contributed by atoms with Gasteiger partial charge in [0.05, 0.1) is 14.7 Å². The van der Waals surface area contributed by atoms with Gasteiger partial charge in [-0.2, -0.15) is 0 Å². The summed E-state index contributed by atoms with van der Waals surface area (Å²) < 4.78 is 5.70. The molecular weight excluding hydrogens is 264 g/mol. The Bertz CT molecular complexity index is 520. The van der Waals surface area contributed by atoms with Crippen LogP contribution in [-0.4, -0.2) is 19.8 Å². The number of ether oxygens (including phenoxy) is 1. The Morgan fingerprint density at radius 2 is 1.60 bits per heavy atom. The van der Waals surface area contributed by atoms with E-state index in [1.54, 1.807) is 24.3 Å². The van der Waals surface area contributed by atoms with E-state index in [1.165, 1.54) is 11.2 Å². The van der Waals surface area contributed by atoms with E-state index < -0.39 is 8.07 Å². The first-order valence-corrected chi connectivity index (χ1v) is 10.3. The van der Waals surface area contributed by atoms with Gasteiger partial charge in [-0.25, -0.2) is 0 Å². The maximum atomic E-state index is 9.21. The average Bonchev–Trinajstić information content (AvgIpc) is 2.46. The summed E-state index contributed by atoms with van der Waals surface area (Å²) in [5, 5.41) is 10.7. The summed E-state index contributed by atoms with van der Waals surface area (Å²) in [6, 6.07) is 18.9. The fourth-order valence-corrected chi connectivity index (χ4v) is 4.69. The molecule has 0 saturated heterocycles. The van der Waals surface area contributed by atoms with E-state index in [4.69, 9.17) is 4.74 Å². The molecule has 20 heavy (non-hydrogen) atoms. The van der Waals surface area contributed by atoms with Crippen LogP contribution in [0.15, 0.2) is 54.6 Å². The highest BCUT2D eigenvalue weighted by molar-refractivity contribution is 6.89. The van der Waals surface area contributed by atoms with Gasteiger partial charge >= 0.3 is 0 Å². The van der Waals surface area contributed by atoms with Crippen molar-refractivity contribution >= 4 is 13.3 Å². The highest BCUT2D eigenvalue weighted by Crippen LogP contribution is 2.17. The summed E-state index contributed by atoms with van der Waals surface area (Å²) in [5.41, 5.74) is 0. The molecule has 0 saturated carbocycles. The van der Waals surface area contributed by atoms with Crippen molar-refractivity contribution in [1.82, 2.24) is 0 Å². The van der Waals surface area contributed by atoms with Crippen molar-refractivity contribution in [3.05, 3.63) is 54.6 Å². The van der Waals surface area contributed by atoms with Gasteiger partial charge in [0.15, 0.2) is 0 Å². The van der Waals surface area contributed by atoms with Crippen LogP contribution in [0.2, 0.25) is 19.1 Å². The van der Waals surface area contributed by atoms with Crippen LogP contribution in [0.5, 0.6) is 11.5 Å². The lowest BCUT2D eigenvalue weighted by molar-refractivity contribution is 0.316. The molecule has 0 heterocycles. The number of rotatable bonds is 6. The third-order valence-corrected chi connectivity index (χ3v) is 7.11. The van der Waals surface area contributed by atoms with E-state index in [0.717, 1.165) is 18.8 Å². The quantitative estimate of drug-likeness (QED) is 0.647. The summed E-state index contributed by atoms with van der Waals surface area (Å²) in [4.78, 5) is 0. The van der Waals surface area contributed by atoms with Gasteiger partial charge in [0.25, 0.3) is 0 Å². The SMILES string of the molecule is C[Si](C)(CCCOc1ccc(O)cc1)c1ccccc1. The van der Waals surface area contributed by atoms with Gasteiger partial charge in [0.2, 0.25) is 0 Å². The first-order chi connectivity index (χ1) is 9.58. The van der Waals surface area contributed by atoms with Crippen molar-refractivity contribution in [3.63, 3.8) is 0 Å². The second-order valence-electron chi connectivity index (χ2n) is 5.70. The van der Waals surface area contributed by atoms with Crippen LogP contribution in [0.3, 0.4) is 0 Å². The number of phenols is 1. The molecule has 3 heteroatoms. The Morgan fingerprint density at radius 3 is 2.25 bits per heavy atom. The molecule has 2 rings (SSSR count). The third-order valence-electron chi connectivity index (χ3n) is 3.61. The first kappa shape index (κ1) is 14.7. The van der Waals surface area contributed by atoms with E-state index >= 15 is 0 Å². The molecule has 2 aromatic rings. The maximum absolute atomic E-state index is 9.21. The second-order valence-corrected chi connectivity index (χ2v) is 10.5. The Morgan fingerprint density at radius 1 is 0.950 bits per heavy atom. The summed E-state index contributed by atoms with van der Waals surface area (Å²) in [6.07, 6.45) is 1.06. The molecule has 0 amide bonds. The highest BCUT2D eigenvalue weighted by atomic mass is 28.3. The Labute approximate surface area is 122 Å². The molecule has 0 atom stereocenters. The predicted octanol–water partition coefficient (Wildman–Crippen LogP) is 3.78. The average molecular weight is 286 g/mol. The molecular formula is C17H22O2Si. The van der Waals surface area contributed by atoms with Crippen LogP contribution in [0.25, 0.3) is 0 Å². The van der Waals surface area contributed by atoms with Gasteiger partial charge in [-0.15, -0.1) is 0 Å². The Balaban J connectivity index is 1.79. The lowest BCUT2D eigenvalue weighted by atomic mass is 10.3. The van der Waals surface area contributed by atoms with Crippen LogP contribution in [0.1, 0.15) is 6.42 Å². The van der Waals surface area contributed by atoms with Gasteiger partial charge in [-0.05, 0) is 30.7 Å². The van der Waals surface area contributed by atoms with Crippen molar-refractivity contribution in [2.45, 2.75) is 25.6 Å². The number of phenolic OH excluding ortho intramolecular Hbond substituents is 1. The minimum atomic E-state index is -1.35. The molecule has 0 aliphatic carbocycles. The van der Waals surface area contributed by atoms with Gasteiger partial charge in [0, 0.05) is 0 Å². The van der Waals surface area contributed by atoms with Gasteiger partial charge in [-0.1, -0.05) is 54.7 Å². The molecule has 0 aliphatic rings. The van der Waals surface area contributed by atoms with Crippen LogP contribution in [0.4, 0.5) is 0 Å². The molecule has 0 fully saturated rings. The zero-order valence-corrected chi connectivity index (χ0v) is 13.2. The maximum Gasteiger partial charge on any atom is 0.119 e. The van der Waals surface area contributed by atoms with Gasteiger partial charge in [0.1, 0.15) is 11.5 Å². The minimum Gasteiger partial charge on any atom is -0.508 e. The van der Waals surface area contributed by atoms with E-state index in [-0.39, 0.29) is 5.75 Å². The molecule has 1 N–H and O–H groups in total. The summed E-state index contributed by atoms with van der Waals surface area (Å²) >= 11 is 0. The first-order valence-electron chi connectivity index (χ1n) is 7.05. The Hall–Kier alpha value is -1.74. The molecule has 0 aliphatic heterocycles. The standard InChI is InChI=1S/C17H22O2Si/c1-20(2,17-7-4-3-5-8-17)14-6-13-19-16-11-9-15(18)10-12-16/h3-5,7-12,18H,6,13-14H2,1-2H3. The van der Waals surface area contributed by atoms with E-state index in [1.807, 2.05) is 0 Å². The molecule has 0 bridgehead atoms. The molecule has 2 nitrogen and oxygen atoms in total. The van der Waals surface area contributed by atoms with Crippen LogP contribution >= 0.6 is 0 Å². The monoisotopic (exact) mass is 286 g/mol. The van der Waals surface area contributed by atoms with E-state index in [2.05, 4.69) is 43.4 Å². The van der Waals surface area contributed by atoms with E-state index in [0.29, 0.717) is 0 Å². The summed E-state index contributed by atoms with van der Waals surface area (Å²) in [6.45, 7) is 5.54. The van der Waals surface area contributed by atoms with E-state index in [9.17, 15) is 5.11 Å². The van der Waals surface area contributed by atoms with Crippen molar-refractivity contribution in [1.29, 1.82) is 0 Å².